The van der Waals surface area contributed by atoms with Gasteiger partial charge in [0.15, 0.2) is 0 Å². The number of ether oxygens (including phenoxy) is 1. The molecule has 1 N–H and O–H groups in total. The molecule has 3 rings (SSSR count). The van der Waals surface area contributed by atoms with Crippen LogP contribution in [0.4, 0.5) is 0 Å². The zero-order valence-electron chi connectivity index (χ0n) is 12.7. The highest BCUT2D eigenvalue weighted by atomic mass is 79.9. The zero-order valence-corrected chi connectivity index (χ0v) is 14.3. The van der Waals surface area contributed by atoms with Gasteiger partial charge in [-0.3, -0.25) is 4.90 Å². The van der Waals surface area contributed by atoms with Gasteiger partial charge in [0, 0.05) is 29.6 Å². The van der Waals surface area contributed by atoms with E-state index in [1.165, 1.54) is 24.9 Å². The van der Waals surface area contributed by atoms with Gasteiger partial charge in [-0.25, -0.2) is 0 Å². The number of nitrogens with one attached hydrogen (secondary N) is 1. The highest BCUT2D eigenvalue weighted by molar-refractivity contribution is 9.10. The minimum Gasteiger partial charge on any atom is -0.374 e. The standard InChI is InChI=1S/C17H25BrN2O/c1-2-17(13-5-3-6-14(18)9-13)19-10-16-11-20-8-4-7-15(20)12-21-16/h3,5-6,9,15-17,19H,2,4,7-8,10-12H2,1H3. The maximum absolute atomic E-state index is 6.03. The van der Waals surface area contributed by atoms with E-state index in [0.717, 1.165) is 30.6 Å². The van der Waals surface area contributed by atoms with Crippen molar-refractivity contribution in [3.63, 3.8) is 0 Å². The summed E-state index contributed by atoms with van der Waals surface area (Å²) in [6, 6.07) is 9.68. The van der Waals surface area contributed by atoms with Crippen LogP contribution in [0.25, 0.3) is 0 Å². The number of morpholine rings is 1. The lowest BCUT2D eigenvalue weighted by Gasteiger charge is -2.36. The first-order valence-corrected chi connectivity index (χ1v) is 8.90. The molecule has 1 aromatic carbocycles. The summed E-state index contributed by atoms with van der Waals surface area (Å²) in [7, 11) is 0. The molecule has 0 aliphatic carbocycles. The monoisotopic (exact) mass is 352 g/mol. The molecule has 4 heteroatoms. The van der Waals surface area contributed by atoms with Crippen LogP contribution in [-0.4, -0.2) is 43.3 Å². The highest BCUT2D eigenvalue weighted by Gasteiger charge is 2.32. The Labute approximate surface area is 136 Å². The topological polar surface area (TPSA) is 24.5 Å². The molecule has 2 saturated heterocycles. The Morgan fingerprint density at radius 2 is 2.38 bits per heavy atom. The van der Waals surface area contributed by atoms with E-state index < -0.39 is 0 Å². The molecule has 116 valence electrons. The third-order valence-electron chi connectivity index (χ3n) is 4.71. The zero-order chi connectivity index (χ0) is 14.7. The van der Waals surface area contributed by atoms with Crippen LogP contribution in [0.15, 0.2) is 28.7 Å². The van der Waals surface area contributed by atoms with Crippen molar-refractivity contribution in [2.45, 2.75) is 44.4 Å². The lowest BCUT2D eigenvalue weighted by Crippen LogP contribution is -2.49. The van der Waals surface area contributed by atoms with Gasteiger partial charge in [0.05, 0.1) is 12.7 Å². The van der Waals surface area contributed by atoms with Crippen LogP contribution >= 0.6 is 15.9 Å². The number of benzene rings is 1. The fraction of sp³-hybridized carbons (Fsp3) is 0.647. The Balaban J connectivity index is 1.53. The van der Waals surface area contributed by atoms with Crippen LogP contribution < -0.4 is 5.32 Å². The quantitative estimate of drug-likeness (QED) is 0.879. The summed E-state index contributed by atoms with van der Waals surface area (Å²) in [4.78, 5) is 2.61. The maximum atomic E-state index is 6.03. The molecule has 3 nitrogen and oxygen atoms in total. The average Bonchev–Trinajstić information content (AvgIpc) is 2.95. The fourth-order valence-corrected chi connectivity index (χ4v) is 3.92. The van der Waals surface area contributed by atoms with Gasteiger partial charge in [0.2, 0.25) is 0 Å². The van der Waals surface area contributed by atoms with E-state index in [2.05, 4.69) is 57.3 Å². The molecule has 0 radical (unpaired) electrons. The molecule has 0 amide bonds. The van der Waals surface area contributed by atoms with Gasteiger partial charge in [-0.2, -0.15) is 0 Å². The molecule has 21 heavy (non-hydrogen) atoms. The second-order valence-corrected chi connectivity index (χ2v) is 7.09. The Hall–Kier alpha value is -0.420. The molecular formula is C17H25BrN2O. The number of fused-ring (bicyclic) bond motifs is 1. The molecule has 1 aromatic rings. The summed E-state index contributed by atoms with van der Waals surface area (Å²) >= 11 is 3.56. The Bertz CT molecular complexity index is 468. The molecule has 0 aromatic heterocycles. The van der Waals surface area contributed by atoms with Crippen molar-refractivity contribution in [3.05, 3.63) is 34.3 Å². The smallest absolute Gasteiger partial charge is 0.0827 e. The van der Waals surface area contributed by atoms with Crippen molar-refractivity contribution < 1.29 is 4.74 Å². The van der Waals surface area contributed by atoms with E-state index >= 15 is 0 Å². The second kappa shape index (κ2) is 7.23. The summed E-state index contributed by atoms with van der Waals surface area (Å²) in [5, 5.41) is 3.69. The van der Waals surface area contributed by atoms with Gasteiger partial charge in [0.1, 0.15) is 0 Å². The van der Waals surface area contributed by atoms with E-state index in [4.69, 9.17) is 4.74 Å². The van der Waals surface area contributed by atoms with Gasteiger partial charge in [0.25, 0.3) is 0 Å². The first kappa shape index (κ1) is 15.5. The number of halogens is 1. The highest BCUT2D eigenvalue weighted by Crippen LogP contribution is 2.24. The third kappa shape index (κ3) is 3.86. The number of nitrogens with zero attached hydrogens (tertiary/aromatic N) is 1. The number of hydrogen-bond donors (Lipinski definition) is 1. The van der Waals surface area contributed by atoms with Gasteiger partial charge in [-0.1, -0.05) is 35.0 Å². The Morgan fingerprint density at radius 3 is 3.19 bits per heavy atom. The SMILES string of the molecule is CCC(NCC1CN2CCCC2CO1)c1cccc(Br)c1. The summed E-state index contributed by atoms with van der Waals surface area (Å²) < 4.78 is 7.18. The van der Waals surface area contributed by atoms with Crippen molar-refractivity contribution in [1.29, 1.82) is 0 Å². The number of rotatable bonds is 5. The minimum atomic E-state index is 0.334. The first-order chi connectivity index (χ1) is 10.3. The van der Waals surface area contributed by atoms with E-state index in [1.807, 2.05) is 0 Å². The van der Waals surface area contributed by atoms with Crippen LogP contribution in [0.2, 0.25) is 0 Å². The molecule has 3 unspecified atom stereocenters. The largest absolute Gasteiger partial charge is 0.374 e. The van der Waals surface area contributed by atoms with E-state index in [9.17, 15) is 0 Å². The van der Waals surface area contributed by atoms with E-state index in [-0.39, 0.29) is 0 Å². The molecule has 2 heterocycles. The molecule has 3 atom stereocenters. The summed E-state index contributed by atoms with van der Waals surface area (Å²) in [5.41, 5.74) is 1.35. The predicted molar refractivity (Wildman–Crippen MR) is 89.5 cm³/mol. The summed E-state index contributed by atoms with van der Waals surface area (Å²) in [6.07, 6.45) is 4.08. The van der Waals surface area contributed by atoms with Gasteiger partial charge < -0.3 is 10.1 Å². The lowest BCUT2D eigenvalue weighted by atomic mass is 10.0. The molecule has 0 bridgehead atoms. The molecule has 2 aliphatic rings. The fourth-order valence-electron chi connectivity index (χ4n) is 3.50. The van der Waals surface area contributed by atoms with Crippen molar-refractivity contribution in [2.75, 3.05) is 26.2 Å². The van der Waals surface area contributed by atoms with Gasteiger partial charge in [-0.05, 0) is 43.5 Å². The maximum Gasteiger partial charge on any atom is 0.0827 e. The Morgan fingerprint density at radius 1 is 1.48 bits per heavy atom. The molecule has 0 spiro atoms. The van der Waals surface area contributed by atoms with E-state index in [1.54, 1.807) is 0 Å². The lowest BCUT2D eigenvalue weighted by molar-refractivity contribution is -0.0479. The van der Waals surface area contributed by atoms with Crippen LogP contribution in [0.5, 0.6) is 0 Å². The Kier molecular flexibility index (Phi) is 5.33. The number of hydrogen-bond acceptors (Lipinski definition) is 3. The second-order valence-electron chi connectivity index (χ2n) is 6.17. The van der Waals surface area contributed by atoms with Crippen LogP contribution in [0.3, 0.4) is 0 Å². The van der Waals surface area contributed by atoms with Gasteiger partial charge >= 0.3 is 0 Å². The van der Waals surface area contributed by atoms with Crippen molar-refractivity contribution >= 4 is 15.9 Å². The molecule has 2 fully saturated rings. The van der Waals surface area contributed by atoms with Crippen LogP contribution in [0.1, 0.15) is 37.8 Å². The third-order valence-corrected chi connectivity index (χ3v) is 5.21. The average molecular weight is 353 g/mol. The molecule has 0 saturated carbocycles. The van der Waals surface area contributed by atoms with Crippen molar-refractivity contribution in [3.8, 4) is 0 Å². The van der Waals surface area contributed by atoms with Crippen LogP contribution in [-0.2, 0) is 4.74 Å². The van der Waals surface area contributed by atoms with Crippen LogP contribution in [0, 0.1) is 0 Å². The van der Waals surface area contributed by atoms with Crippen molar-refractivity contribution in [2.24, 2.45) is 0 Å². The normalized spacial score (nSPS) is 27.5. The molecular weight excluding hydrogens is 328 g/mol. The summed E-state index contributed by atoms with van der Waals surface area (Å²) in [5.74, 6) is 0. The molecule has 2 aliphatic heterocycles. The first-order valence-electron chi connectivity index (χ1n) is 8.10. The predicted octanol–water partition coefficient (Wildman–Crippen LogP) is 3.35. The van der Waals surface area contributed by atoms with Crippen molar-refractivity contribution in [1.82, 2.24) is 10.2 Å². The minimum absolute atomic E-state index is 0.334. The van der Waals surface area contributed by atoms with E-state index in [0.29, 0.717) is 18.2 Å². The summed E-state index contributed by atoms with van der Waals surface area (Å²) in [6.45, 7) is 6.44. The van der Waals surface area contributed by atoms with Gasteiger partial charge in [-0.15, -0.1) is 0 Å².